The largest absolute Gasteiger partial charge is 0.467 e. The first kappa shape index (κ1) is 18.5. The van der Waals surface area contributed by atoms with E-state index in [1.807, 2.05) is 6.07 Å². The van der Waals surface area contributed by atoms with Crippen molar-refractivity contribution < 1.29 is 9.21 Å². The molecule has 0 aliphatic carbocycles. The number of aromatic nitrogens is 4. The van der Waals surface area contributed by atoms with E-state index in [4.69, 9.17) is 4.42 Å². The maximum atomic E-state index is 12.6. The molecule has 0 aliphatic heterocycles. The number of benzene rings is 1. The van der Waals surface area contributed by atoms with Crippen LogP contribution in [-0.2, 0) is 27.2 Å². The van der Waals surface area contributed by atoms with E-state index in [1.165, 1.54) is 17.9 Å². The fourth-order valence-corrected chi connectivity index (χ4v) is 3.21. The van der Waals surface area contributed by atoms with E-state index >= 15 is 0 Å². The molecule has 9 heteroatoms. The summed E-state index contributed by atoms with van der Waals surface area (Å²) in [5, 5.41) is 2.80. The number of carbonyl (C=O) groups excluding carboxylic acids is 1. The number of imidazole rings is 1. The third-order valence-electron chi connectivity index (χ3n) is 4.76. The van der Waals surface area contributed by atoms with E-state index in [0.29, 0.717) is 35.6 Å². The smallest absolute Gasteiger partial charge is 0.332 e. The van der Waals surface area contributed by atoms with Crippen molar-refractivity contribution in [3.8, 4) is 0 Å². The van der Waals surface area contributed by atoms with Gasteiger partial charge in [0.2, 0.25) is 0 Å². The third kappa shape index (κ3) is 3.38. The maximum Gasteiger partial charge on any atom is 0.332 e. The molecule has 0 aliphatic rings. The summed E-state index contributed by atoms with van der Waals surface area (Å²) in [6.45, 7) is 0.634. The van der Waals surface area contributed by atoms with Crippen molar-refractivity contribution in [3.05, 3.63) is 86.7 Å². The Labute approximate surface area is 164 Å². The summed E-state index contributed by atoms with van der Waals surface area (Å²) in [7, 11) is 3.01. The Balaban J connectivity index is 1.61. The monoisotopic (exact) mass is 393 g/mol. The van der Waals surface area contributed by atoms with E-state index in [0.717, 1.165) is 10.1 Å². The van der Waals surface area contributed by atoms with E-state index in [2.05, 4.69) is 10.3 Å². The Bertz CT molecular complexity index is 1310. The Morgan fingerprint density at radius 1 is 1.14 bits per heavy atom. The van der Waals surface area contributed by atoms with Gasteiger partial charge in [-0.15, -0.1) is 0 Å². The molecule has 4 aromatic rings. The van der Waals surface area contributed by atoms with Crippen LogP contribution in [-0.4, -0.2) is 24.6 Å². The summed E-state index contributed by atoms with van der Waals surface area (Å²) in [4.78, 5) is 41.3. The molecule has 3 aromatic heterocycles. The van der Waals surface area contributed by atoms with Crippen molar-refractivity contribution in [2.45, 2.75) is 13.1 Å². The summed E-state index contributed by atoms with van der Waals surface area (Å²) in [6.07, 6.45) is 3.08. The van der Waals surface area contributed by atoms with Crippen LogP contribution < -0.4 is 16.6 Å². The van der Waals surface area contributed by atoms with Crippen LogP contribution in [0.3, 0.4) is 0 Å². The van der Waals surface area contributed by atoms with Crippen molar-refractivity contribution in [1.29, 1.82) is 0 Å². The van der Waals surface area contributed by atoms with Crippen molar-refractivity contribution >= 4 is 17.1 Å². The molecule has 0 spiro atoms. The molecule has 0 unspecified atom stereocenters. The molecular formula is C20H19N5O4. The van der Waals surface area contributed by atoms with E-state index in [1.54, 1.807) is 48.2 Å². The lowest BCUT2D eigenvalue weighted by atomic mass is 10.1. The number of rotatable bonds is 5. The summed E-state index contributed by atoms with van der Waals surface area (Å²) in [5.74, 6) is 0.442. The topological polar surface area (TPSA) is 104 Å². The number of hydrogen-bond donors (Lipinski definition) is 1. The van der Waals surface area contributed by atoms with Crippen LogP contribution in [0.25, 0.3) is 11.2 Å². The lowest BCUT2D eigenvalue weighted by Crippen LogP contribution is -2.37. The minimum Gasteiger partial charge on any atom is -0.467 e. The SMILES string of the molecule is Cn1c(=O)c2c(ncn2Cc2cccc(C(=O)NCc3ccco3)c2)n(C)c1=O. The van der Waals surface area contributed by atoms with Crippen LogP contribution in [0.15, 0.2) is 63.0 Å². The predicted octanol–water partition coefficient (Wildman–Crippen LogP) is 1.01. The van der Waals surface area contributed by atoms with Gasteiger partial charge in [0, 0.05) is 26.2 Å². The summed E-state index contributed by atoms with van der Waals surface area (Å²) < 4.78 is 9.28. The van der Waals surface area contributed by atoms with Gasteiger partial charge in [0.15, 0.2) is 11.2 Å². The fraction of sp³-hybridized carbons (Fsp3) is 0.200. The van der Waals surface area contributed by atoms with Gasteiger partial charge in [-0.1, -0.05) is 12.1 Å². The molecule has 4 rings (SSSR count). The molecule has 0 atom stereocenters. The minimum atomic E-state index is -0.428. The standard InChI is InChI=1S/C20H19N5O4/c1-23-17-16(19(27)24(2)20(23)28)25(12-22-17)11-13-5-3-6-14(9-13)18(26)21-10-15-7-4-8-29-15/h3-9,12H,10-11H2,1-2H3,(H,21,26). The van der Waals surface area contributed by atoms with Crippen LogP contribution in [0.5, 0.6) is 0 Å². The second kappa shape index (κ2) is 7.27. The first-order valence-electron chi connectivity index (χ1n) is 8.96. The summed E-state index contributed by atoms with van der Waals surface area (Å²) in [6, 6.07) is 10.7. The zero-order chi connectivity index (χ0) is 20.5. The first-order valence-corrected chi connectivity index (χ1v) is 8.96. The number of fused-ring (bicyclic) bond motifs is 1. The van der Waals surface area contributed by atoms with Gasteiger partial charge in [-0.05, 0) is 29.8 Å². The third-order valence-corrected chi connectivity index (χ3v) is 4.76. The van der Waals surface area contributed by atoms with E-state index in [9.17, 15) is 14.4 Å². The number of nitrogens with zero attached hydrogens (tertiary/aromatic N) is 4. The van der Waals surface area contributed by atoms with Gasteiger partial charge in [0.25, 0.3) is 11.5 Å². The van der Waals surface area contributed by atoms with Crippen molar-refractivity contribution in [3.63, 3.8) is 0 Å². The maximum absolute atomic E-state index is 12.6. The quantitative estimate of drug-likeness (QED) is 0.545. The fourth-order valence-electron chi connectivity index (χ4n) is 3.21. The zero-order valence-electron chi connectivity index (χ0n) is 16.0. The molecular weight excluding hydrogens is 374 g/mol. The summed E-state index contributed by atoms with van der Waals surface area (Å²) in [5.41, 5.74) is 1.15. The molecule has 29 heavy (non-hydrogen) atoms. The molecule has 0 saturated heterocycles. The van der Waals surface area contributed by atoms with Gasteiger partial charge < -0.3 is 14.3 Å². The molecule has 0 bridgehead atoms. The zero-order valence-corrected chi connectivity index (χ0v) is 16.0. The van der Waals surface area contributed by atoms with Crippen LogP contribution in [0, 0.1) is 0 Å². The highest BCUT2D eigenvalue weighted by molar-refractivity contribution is 5.94. The number of hydrogen-bond acceptors (Lipinski definition) is 5. The summed E-state index contributed by atoms with van der Waals surface area (Å²) >= 11 is 0. The van der Waals surface area contributed by atoms with Gasteiger partial charge in [0.1, 0.15) is 5.76 Å². The first-order chi connectivity index (χ1) is 14.0. The number of aryl methyl sites for hydroxylation is 1. The Kier molecular flexibility index (Phi) is 4.63. The second-order valence-electron chi connectivity index (χ2n) is 6.71. The van der Waals surface area contributed by atoms with Crippen molar-refractivity contribution in [2.75, 3.05) is 0 Å². The molecule has 0 radical (unpaired) electrons. The Hall–Kier alpha value is -3.88. The molecule has 1 amide bonds. The van der Waals surface area contributed by atoms with Crippen molar-refractivity contribution in [2.24, 2.45) is 14.1 Å². The van der Waals surface area contributed by atoms with Crippen molar-refractivity contribution in [1.82, 2.24) is 24.0 Å². The Morgan fingerprint density at radius 3 is 2.72 bits per heavy atom. The van der Waals surface area contributed by atoms with Gasteiger partial charge in [-0.25, -0.2) is 9.78 Å². The number of nitrogens with one attached hydrogen (secondary N) is 1. The highest BCUT2D eigenvalue weighted by Gasteiger charge is 2.15. The Morgan fingerprint density at radius 2 is 1.97 bits per heavy atom. The highest BCUT2D eigenvalue weighted by atomic mass is 16.3. The minimum absolute atomic E-state index is 0.225. The number of amides is 1. The predicted molar refractivity (Wildman–Crippen MR) is 106 cm³/mol. The normalized spacial score (nSPS) is 11.1. The van der Waals surface area contributed by atoms with Crippen LogP contribution in [0.4, 0.5) is 0 Å². The van der Waals surface area contributed by atoms with Gasteiger partial charge in [-0.2, -0.15) is 0 Å². The van der Waals surface area contributed by atoms with Gasteiger partial charge in [-0.3, -0.25) is 18.7 Å². The second-order valence-corrected chi connectivity index (χ2v) is 6.71. The molecule has 148 valence electrons. The molecule has 0 fully saturated rings. The van der Waals surface area contributed by atoms with Crippen LogP contribution in [0.2, 0.25) is 0 Å². The molecule has 1 aromatic carbocycles. The van der Waals surface area contributed by atoms with E-state index < -0.39 is 11.2 Å². The number of carbonyl (C=O) groups is 1. The molecule has 1 N–H and O–H groups in total. The van der Waals surface area contributed by atoms with Crippen LogP contribution in [0.1, 0.15) is 21.7 Å². The van der Waals surface area contributed by atoms with Crippen LogP contribution >= 0.6 is 0 Å². The average Bonchev–Trinajstić information content (AvgIpc) is 3.39. The number of furan rings is 1. The lowest BCUT2D eigenvalue weighted by molar-refractivity contribution is 0.0948. The average molecular weight is 393 g/mol. The molecule has 9 nitrogen and oxygen atoms in total. The molecule has 3 heterocycles. The van der Waals surface area contributed by atoms with Gasteiger partial charge >= 0.3 is 5.69 Å². The molecule has 0 saturated carbocycles. The van der Waals surface area contributed by atoms with E-state index in [-0.39, 0.29) is 5.91 Å². The van der Waals surface area contributed by atoms with Gasteiger partial charge in [0.05, 0.1) is 19.1 Å². The highest BCUT2D eigenvalue weighted by Crippen LogP contribution is 2.12. The lowest BCUT2D eigenvalue weighted by Gasteiger charge is -2.09.